The van der Waals surface area contributed by atoms with E-state index in [0.717, 1.165) is 0 Å². The molecule has 0 spiro atoms. The van der Waals surface area contributed by atoms with Crippen molar-refractivity contribution in [2.24, 2.45) is 0 Å². The minimum atomic E-state index is -2.14. The molecule has 0 saturated carbocycles. The van der Waals surface area contributed by atoms with Gasteiger partial charge in [0.15, 0.2) is 5.78 Å². The van der Waals surface area contributed by atoms with Gasteiger partial charge in [-0.2, -0.15) is 0 Å². The van der Waals surface area contributed by atoms with E-state index in [1.807, 2.05) is 0 Å². The molecule has 1 atom stereocenters. The predicted octanol–water partition coefficient (Wildman–Crippen LogP) is 3.22. The lowest BCUT2D eigenvalue weighted by molar-refractivity contribution is -0.150. The van der Waals surface area contributed by atoms with Crippen LogP contribution in [0.2, 0.25) is 5.02 Å². The Morgan fingerprint density at radius 2 is 1.71 bits per heavy atom. The Kier molecular flexibility index (Phi) is 5.36. The number of nitrogens with zero attached hydrogens (tertiary/aromatic N) is 1. The number of benzene rings is 2. The number of hydrogen-bond donors (Lipinski definition) is 1. The van der Waals surface area contributed by atoms with Crippen LogP contribution in [0.3, 0.4) is 0 Å². The number of ketones is 2. The van der Waals surface area contributed by atoms with Crippen LogP contribution >= 0.6 is 11.6 Å². The first kappa shape index (κ1) is 19.8. The Labute approximate surface area is 167 Å². The quantitative estimate of drug-likeness (QED) is 0.614. The molecule has 2 aromatic carbocycles. The van der Waals surface area contributed by atoms with E-state index in [2.05, 4.69) is 4.74 Å². The van der Waals surface area contributed by atoms with E-state index in [1.54, 1.807) is 48.5 Å². The Morgan fingerprint density at radius 1 is 1.11 bits per heavy atom. The highest BCUT2D eigenvalue weighted by atomic mass is 35.5. The molecule has 7 heteroatoms. The molecule has 1 aliphatic heterocycles. The van der Waals surface area contributed by atoms with Crippen LogP contribution in [-0.2, 0) is 14.3 Å². The van der Waals surface area contributed by atoms with Gasteiger partial charge >= 0.3 is 5.97 Å². The summed E-state index contributed by atoms with van der Waals surface area (Å²) < 4.78 is 4.65. The van der Waals surface area contributed by atoms with Gasteiger partial charge in [-0.05, 0) is 48.9 Å². The molecule has 0 aromatic heterocycles. The third-order valence-corrected chi connectivity index (χ3v) is 4.82. The Balaban J connectivity index is 2.11. The molecular formula is C21H18ClNO5. The van der Waals surface area contributed by atoms with Crippen molar-refractivity contribution in [3.63, 3.8) is 0 Å². The Morgan fingerprint density at radius 3 is 2.25 bits per heavy atom. The normalized spacial score (nSPS) is 18.8. The zero-order valence-corrected chi connectivity index (χ0v) is 16.1. The predicted molar refractivity (Wildman–Crippen MR) is 105 cm³/mol. The number of hydrogen-bond acceptors (Lipinski definition) is 6. The van der Waals surface area contributed by atoms with E-state index in [9.17, 15) is 19.5 Å². The molecule has 0 amide bonds. The molecule has 0 fully saturated rings. The number of carbonyl (C=O) groups excluding carboxylic acids is 3. The van der Waals surface area contributed by atoms with Crippen molar-refractivity contribution < 1.29 is 24.2 Å². The van der Waals surface area contributed by atoms with Crippen molar-refractivity contribution in [1.82, 2.24) is 0 Å². The highest BCUT2D eigenvalue weighted by Gasteiger charge is 2.50. The number of halogens is 1. The van der Waals surface area contributed by atoms with Gasteiger partial charge in [-0.3, -0.25) is 14.4 Å². The van der Waals surface area contributed by atoms with Crippen LogP contribution in [0.1, 0.15) is 29.3 Å². The molecule has 0 bridgehead atoms. The minimum Gasteiger partial charge on any atom is -0.469 e. The second kappa shape index (κ2) is 7.58. The summed E-state index contributed by atoms with van der Waals surface area (Å²) in [5.74, 6) is -1.48. The number of rotatable bonds is 5. The summed E-state index contributed by atoms with van der Waals surface area (Å²) in [5.41, 5.74) is -0.163. The molecule has 2 aromatic rings. The summed E-state index contributed by atoms with van der Waals surface area (Å²) in [7, 11) is 1.19. The van der Waals surface area contributed by atoms with Crippen molar-refractivity contribution in [1.29, 1.82) is 0 Å². The molecule has 1 N–H and O–H groups in total. The maximum Gasteiger partial charge on any atom is 0.310 e. The second-order valence-electron chi connectivity index (χ2n) is 6.41. The Bertz CT molecular complexity index is 965. The molecule has 28 heavy (non-hydrogen) atoms. The van der Waals surface area contributed by atoms with Gasteiger partial charge in [0.05, 0.1) is 12.8 Å². The third-order valence-electron chi connectivity index (χ3n) is 4.56. The number of methoxy groups -OCH3 is 1. The van der Waals surface area contributed by atoms with Crippen molar-refractivity contribution in [3.8, 4) is 0 Å². The van der Waals surface area contributed by atoms with E-state index in [4.69, 9.17) is 11.6 Å². The maximum absolute atomic E-state index is 12.7. The van der Waals surface area contributed by atoms with Gasteiger partial charge < -0.3 is 14.7 Å². The van der Waals surface area contributed by atoms with Gasteiger partial charge in [-0.1, -0.05) is 23.7 Å². The summed E-state index contributed by atoms with van der Waals surface area (Å²) in [4.78, 5) is 37.5. The fourth-order valence-corrected chi connectivity index (χ4v) is 3.21. The molecule has 1 heterocycles. The number of ether oxygens (including phenoxy) is 1. The molecule has 6 nitrogen and oxygen atoms in total. The summed E-state index contributed by atoms with van der Waals surface area (Å²) in [6, 6.07) is 13.2. The van der Waals surface area contributed by atoms with Crippen LogP contribution in [0.5, 0.6) is 0 Å². The van der Waals surface area contributed by atoms with Crippen molar-refractivity contribution in [2.45, 2.75) is 19.1 Å². The lowest BCUT2D eigenvalue weighted by Crippen LogP contribution is -2.51. The van der Waals surface area contributed by atoms with Gasteiger partial charge in [0.2, 0.25) is 11.5 Å². The number of Topliss-reactive ketones (excluding diaryl/α,β-unsaturated/α-hetero) is 1. The van der Waals surface area contributed by atoms with Crippen LogP contribution < -0.4 is 4.90 Å². The zero-order chi connectivity index (χ0) is 20.5. The zero-order valence-electron chi connectivity index (χ0n) is 15.3. The van der Waals surface area contributed by atoms with Crippen LogP contribution in [0.25, 0.3) is 5.70 Å². The maximum atomic E-state index is 12.7. The van der Waals surface area contributed by atoms with Crippen LogP contribution in [-0.4, -0.2) is 35.5 Å². The van der Waals surface area contributed by atoms with Gasteiger partial charge in [-0.25, -0.2) is 0 Å². The molecular weight excluding hydrogens is 382 g/mol. The second-order valence-corrected chi connectivity index (χ2v) is 6.85. The van der Waals surface area contributed by atoms with Crippen molar-refractivity contribution >= 4 is 40.5 Å². The lowest BCUT2D eigenvalue weighted by Gasteiger charge is -2.35. The van der Waals surface area contributed by atoms with E-state index in [1.165, 1.54) is 25.0 Å². The average molecular weight is 400 g/mol. The highest BCUT2D eigenvalue weighted by Crippen LogP contribution is 2.40. The summed E-state index contributed by atoms with van der Waals surface area (Å²) >= 11 is 5.95. The van der Waals surface area contributed by atoms with E-state index >= 15 is 0 Å². The molecule has 3 rings (SSSR count). The van der Waals surface area contributed by atoms with E-state index < -0.39 is 23.9 Å². The fraction of sp³-hybridized carbons (Fsp3) is 0.190. The van der Waals surface area contributed by atoms with Gasteiger partial charge in [0, 0.05) is 22.3 Å². The van der Waals surface area contributed by atoms with Crippen LogP contribution in [0.4, 0.5) is 5.69 Å². The monoisotopic (exact) mass is 399 g/mol. The van der Waals surface area contributed by atoms with Gasteiger partial charge in [0.1, 0.15) is 6.42 Å². The topological polar surface area (TPSA) is 83.9 Å². The van der Waals surface area contributed by atoms with Crippen LogP contribution in [0.15, 0.2) is 54.6 Å². The lowest BCUT2D eigenvalue weighted by atomic mass is 10.0. The molecule has 0 aliphatic carbocycles. The standard InChI is InChI=1S/C21H18ClNO5/c1-13(24)14-5-9-17(10-6-14)23-18(15-3-7-16(22)8-4-15)11-19(25)21(23,27)12-20(26)28-2/h3-11,27H,12H2,1-2H3/t21-/m1/s1. The SMILES string of the molecule is COC(=O)C[C@@]1(O)C(=O)C=C(c2ccc(Cl)cc2)N1c1ccc(C(C)=O)cc1. The smallest absolute Gasteiger partial charge is 0.310 e. The number of anilines is 1. The first-order chi connectivity index (χ1) is 13.3. The van der Waals surface area contributed by atoms with Crippen molar-refractivity contribution in [3.05, 3.63) is 70.8 Å². The number of carbonyl (C=O) groups is 3. The van der Waals surface area contributed by atoms with E-state index in [-0.39, 0.29) is 5.78 Å². The fourth-order valence-electron chi connectivity index (χ4n) is 3.08. The largest absolute Gasteiger partial charge is 0.469 e. The summed E-state index contributed by atoms with van der Waals surface area (Å²) in [5, 5.41) is 11.7. The van der Waals surface area contributed by atoms with Crippen molar-refractivity contribution in [2.75, 3.05) is 12.0 Å². The summed E-state index contributed by atoms with van der Waals surface area (Å²) in [6.07, 6.45) is 0.732. The van der Waals surface area contributed by atoms with Gasteiger partial charge in [-0.15, -0.1) is 0 Å². The number of esters is 1. The molecule has 144 valence electrons. The molecule has 0 unspecified atom stereocenters. The molecule has 0 radical (unpaired) electrons. The Hall–Kier alpha value is -2.96. The average Bonchev–Trinajstić information content (AvgIpc) is 2.93. The summed E-state index contributed by atoms with van der Waals surface area (Å²) in [6.45, 7) is 1.45. The first-order valence-electron chi connectivity index (χ1n) is 8.49. The minimum absolute atomic E-state index is 0.109. The van der Waals surface area contributed by atoms with Gasteiger partial charge in [0.25, 0.3) is 0 Å². The van der Waals surface area contributed by atoms with E-state index in [0.29, 0.717) is 27.5 Å². The van der Waals surface area contributed by atoms with Crippen LogP contribution in [0, 0.1) is 0 Å². The highest BCUT2D eigenvalue weighted by molar-refractivity contribution is 6.30. The molecule has 1 aliphatic rings. The molecule has 0 saturated heterocycles. The third kappa shape index (κ3) is 3.56. The first-order valence-corrected chi connectivity index (χ1v) is 8.86. The number of aliphatic hydroxyl groups is 1.